The second-order valence-electron chi connectivity index (χ2n) is 3.39. The lowest BCUT2D eigenvalue weighted by molar-refractivity contribution is 0.412. The summed E-state index contributed by atoms with van der Waals surface area (Å²) in [5, 5.41) is 6.05. The number of rotatable bonds is 4. The first-order valence-corrected chi connectivity index (χ1v) is 7.15. The van der Waals surface area contributed by atoms with Gasteiger partial charge in [0, 0.05) is 12.3 Å². The molecule has 0 aliphatic carbocycles. The Hall–Kier alpha value is -1.54. The van der Waals surface area contributed by atoms with E-state index in [4.69, 9.17) is 4.74 Å². The smallest absolute Gasteiger partial charge is 0.265 e. The highest BCUT2D eigenvalue weighted by Gasteiger charge is 2.15. The summed E-state index contributed by atoms with van der Waals surface area (Å²) >= 11 is 3.29. The molecule has 8 heteroatoms. The molecule has 1 aromatic heterocycles. The Morgan fingerprint density at radius 2 is 2.22 bits per heavy atom. The molecule has 0 spiro atoms. The Kier molecular flexibility index (Phi) is 3.58. The van der Waals surface area contributed by atoms with Crippen LogP contribution >= 0.6 is 15.9 Å². The maximum Gasteiger partial charge on any atom is 0.265 e. The van der Waals surface area contributed by atoms with Crippen LogP contribution in [0.25, 0.3) is 0 Å². The van der Waals surface area contributed by atoms with E-state index in [-0.39, 0.29) is 4.90 Å². The van der Waals surface area contributed by atoms with Crippen molar-refractivity contribution in [2.75, 3.05) is 11.8 Å². The fourth-order valence-corrected chi connectivity index (χ4v) is 2.69. The Balaban J connectivity index is 2.30. The molecule has 2 N–H and O–H groups in total. The Bertz CT molecular complexity index is 640. The standard InChI is InChI=1S/C10H10BrN3O3S/c1-17-10-4-7(2-3-9(10)11)14-18(15,16)8-5-12-13-6-8/h2-6,14H,1H3,(H,12,13). The second-order valence-corrected chi connectivity index (χ2v) is 5.93. The molecule has 0 radical (unpaired) electrons. The number of sulfonamides is 1. The molecule has 1 aromatic carbocycles. The number of halogens is 1. The van der Waals surface area contributed by atoms with Crippen molar-refractivity contribution in [3.05, 3.63) is 35.1 Å². The van der Waals surface area contributed by atoms with Crippen molar-refractivity contribution in [3.8, 4) is 5.75 Å². The Morgan fingerprint density at radius 1 is 1.44 bits per heavy atom. The van der Waals surface area contributed by atoms with Crippen LogP contribution in [0.1, 0.15) is 0 Å². The average Bonchev–Trinajstić information content (AvgIpc) is 2.85. The van der Waals surface area contributed by atoms with Gasteiger partial charge in [0.05, 0.1) is 23.5 Å². The maximum atomic E-state index is 11.9. The zero-order valence-electron chi connectivity index (χ0n) is 9.34. The van der Waals surface area contributed by atoms with Gasteiger partial charge in [0.1, 0.15) is 10.6 Å². The second kappa shape index (κ2) is 4.99. The number of benzene rings is 1. The SMILES string of the molecule is COc1cc(NS(=O)(=O)c2cn[nH]c2)ccc1Br. The minimum absolute atomic E-state index is 0.0735. The third kappa shape index (κ3) is 2.65. The summed E-state index contributed by atoms with van der Waals surface area (Å²) in [6.07, 6.45) is 2.54. The highest BCUT2D eigenvalue weighted by molar-refractivity contribution is 9.10. The summed E-state index contributed by atoms with van der Waals surface area (Å²) in [5.74, 6) is 0.544. The molecule has 2 aromatic rings. The van der Waals surface area contributed by atoms with E-state index in [1.807, 2.05) is 0 Å². The zero-order chi connectivity index (χ0) is 13.2. The number of hydrogen-bond donors (Lipinski definition) is 2. The van der Waals surface area contributed by atoms with Gasteiger partial charge in [0.25, 0.3) is 10.0 Å². The van der Waals surface area contributed by atoms with Crippen LogP contribution in [-0.2, 0) is 10.0 Å². The summed E-state index contributed by atoms with van der Waals surface area (Å²) < 4.78 is 32.1. The van der Waals surface area contributed by atoms with Crippen LogP contribution in [0.5, 0.6) is 5.75 Å². The molecule has 18 heavy (non-hydrogen) atoms. The van der Waals surface area contributed by atoms with Crippen molar-refractivity contribution >= 4 is 31.6 Å². The van der Waals surface area contributed by atoms with Crippen molar-refractivity contribution in [1.82, 2.24) is 10.2 Å². The fourth-order valence-electron chi connectivity index (χ4n) is 1.32. The molecule has 6 nitrogen and oxygen atoms in total. The molecular weight excluding hydrogens is 322 g/mol. The van der Waals surface area contributed by atoms with E-state index in [0.717, 1.165) is 4.47 Å². The molecule has 1 heterocycles. The maximum absolute atomic E-state index is 11.9. The van der Waals surface area contributed by atoms with Crippen LogP contribution in [0.4, 0.5) is 5.69 Å². The molecule has 0 saturated heterocycles. The topological polar surface area (TPSA) is 84.1 Å². The Labute approximate surface area is 113 Å². The van der Waals surface area contributed by atoms with E-state index in [1.165, 1.54) is 19.5 Å². The highest BCUT2D eigenvalue weighted by atomic mass is 79.9. The van der Waals surface area contributed by atoms with E-state index in [1.54, 1.807) is 18.2 Å². The fraction of sp³-hybridized carbons (Fsp3) is 0.100. The number of ether oxygens (including phenoxy) is 1. The van der Waals surface area contributed by atoms with Crippen molar-refractivity contribution in [3.63, 3.8) is 0 Å². The van der Waals surface area contributed by atoms with Crippen LogP contribution in [0.2, 0.25) is 0 Å². The number of hydrogen-bond acceptors (Lipinski definition) is 4. The number of aromatic nitrogens is 2. The first kappa shape index (κ1) is 12.9. The predicted molar refractivity (Wildman–Crippen MR) is 70.1 cm³/mol. The lowest BCUT2D eigenvalue weighted by atomic mass is 10.3. The van der Waals surface area contributed by atoms with E-state index in [2.05, 4.69) is 30.8 Å². The summed E-state index contributed by atoms with van der Waals surface area (Å²) in [6, 6.07) is 4.91. The third-order valence-corrected chi connectivity index (χ3v) is 4.19. The van der Waals surface area contributed by atoms with Gasteiger partial charge in [0.2, 0.25) is 0 Å². The molecule has 0 amide bonds. The lowest BCUT2D eigenvalue weighted by Gasteiger charge is -2.09. The first-order valence-electron chi connectivity index (χ1n) is 4.88. The minimum Gasteiger partial charge on any atom is -0.495 e. The molecule has 2 rings (SSSR count). The van der Waals surface area contributed by atoms with Crippen LogP contribution in [0.3, 0.4) is 0 Å². The van der Waals surface area contributed by atoms with Gasteiger partial charge in [-0.1, -0.05) is 0 Å². The molecule has 0 bridgehead atoms. The zero-order valence-corrected chi connectivity index (χ0v) is 11.7. The molecular formula is C10H10BrN3O3S. The predicted octanol–water partition coefficient (Wildman–Crippen LogP) is 1.98. The van der Waals surface area contributed by atoms with Gasteiger partial charge in [-0.15, -0.1) is 0 Å². The van der Waals surface area contributed by atoms with Crippen LogP contribution < -0.4 is 9.46 Å². The largest absolute Gasteiger partial charge is 0.495 e. The van der Waals surface area contributed by atoms with Crippen molar-refractivity contribution in [2.24, 2.45) is 0 Å². The van der Waals surface area contributed by atoms with Crippen molar-refractivity contribution < 1.29 is 13.2 Å². The molecule has 0 aliphatic heterocycles. The van der Waals surface area contributed by atoms with Gasteiger partial charge in [-0.3, -0.25) is 9.82 Å². The van der Waals surface area contributed by atoms with Crippen molar-refractivity contribution in [1.29, 1.82) is 0 Å². The molecule has 96 valence electrons. The summed E-state index contributed by atoms with van der Waals surface area (Å²) in [6.45, 7) is 0. The molecule has 0 atom stereocenters. The highest BCUT2D eigenvalue weighted by Crippen LogP contribution is 2.28. The normalized spacial score (nSPS) is 11.2. The van der Waals surface area contributed by atoms with Crippen LogP contribution in [0, 0.1) is 0 Å². The van der Waals surface area contributed by atoms with E-state index in [0.29, 0.717) is 11.4 Å². The monoisotopic (exact) mass is 331 g/mol. The molecule has 0 aliphatic rings. The van der Waals surface area contributed by atoms with Crippen LogP contribution in [-0.4, -0.2) is 25.7 Å². The number of H-pyrrole nitrogens is 1. The van der Waals surface area contributed by atoms with Crippen LogP contribution in [0.15, 0.2) is 40.0 Å². The number of nitrogens with zero attached hydrogens (tertiary/aromatic N) is 1. The number of anilines is 1. The van der Waals surface area contributed by atoms with Gasteiger partial charge >= 0.3 is 0 Å². The third-order valence-electron chi connectivity index (χ3n) is 2.19. The summed E-state index contributed by atoms with van der Waals surface area (Å²) in [7, 11) is -2.11. The quantitative estimate of drug-likeness (QED) is 0.897. The Morgan fingerprint density at radius 3 is 2.83 bits per heavy atom. The van der Waals surface area contributed by atoms with Crippen molar-refractivity contribution in [2.45, 2.75) is 4.90 Å². The van der Waals surface area contributed by atoms with Gasteiger partial charge in [-0.25, -0.2) is 8.42 Å². The van der Waals surface area contributed by atoms with E-state index in [9.17, 15) is 8.42 Å². The average molecular weight is 332 g/mol. The summed E-state index contributed by atoms with van der Waals surface area (Å²) in [5.41, 5.74) is 0.413. The lowest BCUT2D eigenvalue weighted by Crippen LogP contribution is -2.12. The van der Waals surface area contributed by atoms with Gasteiger partial charge < -0.3 is 4.74 Å². The first-order chi connectivity index (χ1) is 8.53. The number of nitrogens with one attached hydrogen (secondary N) is 2. The number of aromatic amines is 1. The van der Waals surface area contributed by atoms with E-state index >= 15 is 0 Å². The van der Waals surface area contributed by atoms with Gasteiger partial charge in [0.15, 0.2) is 0 Å². The molecule has 0 unspecified atom stereocenters. The molecule has 0 fully saturated rings. The number of methoxy groups -OCH3 is 1. The van der Waals surface area contributed by atoms with E-state index < -0.39 is 10.0 Å². The van der Waals surface area contributed by atoms with Gasteiger partial charge in [-0.2, -0.15) is 5.10 Å². The van der Waals surface area contributed by atoms with Gasteiger partial charge in [-0.05, 0) is 28.1 Å². The molecule has 0 saturated carbocycles. The minimum atomic E-state index is -3.62. The summed E-state index contributed by atoms with van der Waals surface area (Å²) in [4.78, 5) is 0.0735.